The molecule has 0 radical (unpaired) electrons. The number of carbonyl (C=O) groups excluding carboxylic acids is 2. The lowest BCUT2D eigenvalue weighted by Gasteiger charge is -2.28. The molecule has 0 fully saturated rings. The molecule has 1 aromatic rings. The zero-order valence-corrected chi connectivity index (χ0v) is 11.5. The number of alkyl halides is 3. The van der Waals surface area contributed by atoms with Crippen molar-refractivity contribution in [2.45, 2.75) is 18.6 Å². The summed E-state index contributed by atoms with van der Waals surface area (Å²) in [7, 11) is 0. The summed E-state index contributed by atoms with van der Waals surface area (Å²) in [6.07, 6.45) is -5.17. The number of hydrogen-bond donors (Lipinski definition) is 3. The molecular weight excluding hydrogens is 313 g/mol. The van der Waals surface area contributed by atoms with Crippen molar-refractivity contribution in [3.63, 3.8) is 0 Å². The number of aliphatic carboxylic acids is 1. The van der Waals surface area contributed by atoms with Crippen molar-refractivity contribution in [3.8, 4) is 0 Å². The van der Waals surface area contributed by atoms with Gasteiger partial charge in [-0.05, 0) is 18.4 Å². The molecule has 1 atom stereocenters. The van der Waals surface area contributed by atoms with E-state index in [1.54, 1.807) is 11.4 Å². The smallest absolute Gasteiger partial charge is 0.422 e. The van der Waals surface area contributed by atoms with E-state index in [-0.39, 0.29) is 4.88 Å². The van der Waals surface area contributed by atoms with Crippen molar-refractivity contribution in [1.82, 2.24) is 10.6 Å². The second-order valence-corrected chi connectivity index (χ2v) is 5.08. The minimum absolute atomic E-state index is 0.277. The summed E-state index contributed by atoms with van der Waals surface area (Å²) in [5.41, 5.74) is -3.42. The predicted octanol–water partition coefficient (Wildman–Crippen LogP) is 1.000. The Morgan fingerprint density at radius 1 is 1.33 bits per heavy atom. The molecule has 21 heavy (non-hydrogen) atoms. The number of nitrogens with one attached hydrogen (secondary N) is 2. The molecule has 1 rings (SSSR count). The van der Waals surface area contributed by atoms with Gasteiger partial charge in [0.05, 0.1) is 11.4 Å². The monoisotopic (exact) mass is 324 g/mol. The summed E-state index contributed by atoms with van der Waals surface area (Å²) in [6.45, 7) is -0.440. The first-order chi connectivity index (χ1) is 9.58. The SMILES string of the molecule is CC(NC(=O)CNC(=O)c1cccs1)(C(=O)O)C(F)(F)F. The normalized spacial score (nSPS) is 14.1. The van der Waals surface area contributed by atoms with Gasteiger partial charge < -0.3 is 15.7 Å². The van der Waals surface area contributed by atoms with Crippen molar-refractivity contribution < 1.29 is 32.7 Å². The van der Waals surface area contributed by atoms with E-state index >= 15 is 0 Å². The highest BCUT2D eigenvalue weighted by Crippen LogP contribution is 2.30. The summed E-state index contributed by atoms with van der Waals surface area (Å²) >= 11 is 1.09. The Bertz CT molecular complexity index is 544. The fourth-order valence-corrected chi connectivity index (χ4v) is 1.86. The van der Waals surface area contributed by atoms with Gasteiger partial charge in [0, 0.05) is 0 Å². The highest BCUT2D eigenvalue weighted by Gasteiger charge is 2.58. The highest BCUT2D eigenvalue weighted by molar-refractivity contribution is 7.12. The van der Waals surface area contributed by atoms with Gasteiger partial charge in [-0.15, -0.1) is 11.3 Å². The molecule has 3 N–H and O–H groups in total. The molecule has 0 aromatic carbocycles. The van der Waals surface area contributed by atoms with Gasteiger partial charge in [0.15, 0.2) is 0 Å². The lowest BCUT2D eigenvalue weighted by molar-refractivity contribution is -0.206. The number of amides is 2. The van der Waals surface area contributed by atoms with Crippen molar-refractivity contribution in [1.29, 1.82) is 0 Å². The first-order valence-electron chi connectivity index (χ1n) is 5.51. The fourth-order valence-electron chi connectivity index (χ4n) is 1.22. The molecule has 116 valence electrons. The van der Waals surface area contributed by atoms with Crippen LogP contribution in [0.25, 0.3) is 0 Å². The molecule has 10 heteroatoms. The van der Waals surface area contributed by atoms with Crippen LogP contribution < -0.4 is 10.6 Å². The predicted molar refractivity (Wildman–Crippen MR) is 66.9 cm³/mol. The molecule has 0 aliphatic carbocycles. The third-order valence-corrected chi connectivity index (χ3v) is 3.41. The third-order valence-electron chi connectivity index (χ3n) is 2.54. The summed E-state index contributed by atoms with van der Waals surface area (Å²) in [6, 6.07) is 3.06. The Labute approximate surface area is 121 Å². The molecule has 0 aliphatic heterocycles. The van der Waals surface area contributed by atoms with Crippen LogP contribution in [0.4, 0.5) is 13.2 Å². The van der Waals surface area contributed by atoms with E-state index in [1.165, 1.54) is 11.4 Å². The number of thiophene rings is 1. The first-order valence-corrected chi connectivity index (χ1v) is 6.38. The summed E-state index contributed by atoms with van der Waals surface area (Å²) < 4.78 is 38.0. The zero-order chi connectivity index (χ0) is 16.3. The number of rotatable bonds is 5. The first kappa shape index (κ1) is 17.0. The quantitative estimate of drug-likeness (QED) is 0.753. The van der Waals surface area contributed by atoms with Crippen LogP contribution in [0.1, 0.15) is 16.6 Å². The number of carboxylic acid groups (broad SMARTS) is 1. The summed E-state index contributed by atoms with van der Waals surface area (Å²) in [4.78, 5) is 33.9. The average molecular weight is 324 g/mol. The molecule has 6 nitrogen and oxygen atoms in total. The second-order valence-electron chi connectivity index (χ2n) is 4.14. The Kier molecular flexibility index (Phi) is 4.94. The third kappa shape index (κ3) is 3.94. The zero-order valence-electron chi connectivity index (χ0n) is 10.7. The van der Waals surface area contributed by atoms with Crippen LogP contribution in [0.5, 0.6) is 0 Å². The van der Waals surface area contributed by atoms with E-state index in [9.17, 15) is 27.6 Å². The maximum Gasteiger partial charge on any atom is 0.422 e. The number of carboxylic acids is 1. The summed E-state index contributed by atoms with van der Waals surface area (Å²) in [5, 5.41) is 13.7. The van der Waals surface area contributed by atoms with Gasteiger partial charge in [0.2, 0.25) is 11.4 Å². The lowest BCUT2D eigenvalue weighted by Crippen LogP contribution is -2.63. The number of halogens is 3. The van der Waals surface area contributed by atoms with E-state index < -0.39 is 36.0 Å². The Hall–Kier alpha value is -2.10. The van der Waals surface area contributed by atoms with Crippen molar-refractivity contribution in [2.24, 2.45) is 0 Å². The van der Waals surface area contributed by atoms with Crippen molar-refractivity contribution in [2.75, 3.05) is 6.54 Å². The maximum absolute atomic E-state index is 12.7. The summed E-state index contributed by atoms with van der Waals surface area (Å²) in [5.74, 6) is -4.14. The van der Waals surface area contributed by atoms with E-state index in [4.69, 9.17) is 5.11 Å². The molecule has 1 unspecified atom stereocenters. The second kappa shape index (κ2) is 6.12. The van der Waals surface area contributed by atoms with E-state index in [1.807, 2.05) is 0 Å². The van der Waals surface area contributed by atoms with Crippen LogP contribution in [0.15, 0.2) is 17.5 Å². The van der Waals surface area contributed by atoms with Gasteiger partial charge in [-0.3, -0.25) is 9.59 Å². The van der Waals surface area contributed by atoms with E-state index in [2.05, 4.69) is 5.32 Å². The topological polar surface area (TPSA) is 95.5 Å². The number of carbonyl (C=O) groups is 3. The molecule has 0 saturated carbocycles. The molecule has 1 heterocycles. The Morgan fingerprint density at radius 2 is 1.95 bits per heavy atom. The molecular formula is C11H11F3N2O4S. The Morgan fingerprint density at radius 3 is 2.38 bits per heavy atom. The van der Waals surface area contributed by atoms with E-state index in [0.717, 1.165) is 11.3 Å². The van der Waals surface area contributed by atoms with Gasteiger partial charge in [0.25, 0.3) is 5.91 Å². The molecule has 1 aromatic heterocycles. The fraction of sp³-hybridized carbons (Fsp3) is 0.364. The van der Waals surface area contributed by atoms with Gasteiger partial charge in [-0.2, -0.15) is 13.2 Å². The van der Waals surface area contributed by atoms with Crippen molar-refractivity contribution in [3.05, 3.63) is 22.4 Å². The van der Waals surface area contributed by atoms with Crippen LogP contribution in [0.3, 0.4) is 0 Å². The van der Waals surface area contributed by atoms with Gasteiger partial charge in [-0.1, -0.05) is 6.07 Å². The minimum atomic E-state index is -5.17. The van der Waals surface area contributed by atoms with Crippen molar-refractivity contribution >= 4 is 29.1 Å². The minimum Gasteiger partial charge on any atom is -0.479 e. The molecule has 2 amide bonds. The lowest BCUT2D eigenvalue weighted by atomic mass is 10.0. The molecule has 0 spiro atoms. The van der Waals surface area contributed by atoms with Gasteiger partial charge in [0.1, 0.15) is 0 Å². The van der Waals surface area contributed by atoms with Crippen LogP contribution >= 0.6 is 11.3 Å². The molecule has 0 aliphatic rings. The Balaban J connectivity index is 2.64. The standard InChI is InChI=1S/C11H11F3N2O4S/c1-10(9(19)20,11(12,13)14)16-7(17)5-15-8(18)6-3-2-4-21-6/h2-4H,5H2,1H3,(H,15,18)(H,16,17)(H,19,20). The van der Waals surface area contributed by atoms with Crippen LogP contribution in [-0.4, -0.2) is 41.2 Å². The number of hydrogen-bond acceptors (Lipinski definition) is 4. The highest BCUT2D eigenvalue weighted by atomic mass is 32.1. The average Bonchev–Trinajstić information content (AvgIpc) is 2.88. The van der Waals surface area contributed by atoms with Crippen LogP contribution in [0.2, 0.25) is 0 Å². The largest absolute Gasteiger partial charge is 0.479 e. The van der Waals surface area contributed by atoms with E-state index in [0.29, 0.717) is 6.92 Å². The van der Waals surface area contributed by atoms with Crippen LogP contribution in [0, 0.1) is 0 Å². The molecule has 0 saturated heterocycles. The maximum atomic E-state index is 12.7. The van der Waals surface area contributed by atoms with Gasteiger partial charge in [-0.25, -0.2) is 4.79 Å². The van der Waals surface area contributed by atoms with Gasteiger partial charge >= 0.3 is 12.1 Å². The van der Waals surface area contributed by atoms with Crippen LogP contribution in [-0.2, 0) is 9.59 Å². The molecule has 0 bridgehead atoms.